The Bertz CT molecular complexity index is 490. The average Bonchev–Trinajstić information content (AvgIpc) is 2.68. The summed E-state index contributed by atoms with van der Waals surface area (Å²) in [5.41, 5.74) is 0. The third kappa shape index (κ3) is 4.24. The molecule has 0 aromatic carbocycles. The first-order chi connectivity index (χ1) is 8.43. The molecule has 0 aliphatic rings. The molecular formula is C8H9ClN4O3S2. The molecule has 0 N–H and O–H groups in total. The summed E-state index contributed by atoms with van der Waals surface area (Å²) in [7, 11) is 0. The highest BCUT2D eigenvalue weighted by Crippen LogP contribution is 2.20. The molecule has 7 nitrogen and oxygen atoms in total. The van der Waals surface area contributed by atoms with E-state index in [2.05, 4.69) is 10.1 Å². The van der Waals surface area contributed by atoms with Crippen molar-refractivity contribution in [2.24, 2.45) is 5.10 Å². The predicted molar refractivity (Wildman–Crippen MR) is 71.3 cm³/mol. The van der Waals surface area contributed by atoms with E-state index in [9.17, 15) is 14.9 Å². The summed E-state index contributed by atoms with van der Waals surface area (Å²) < 4.78 is 0.352. The monoisotopic (exact) mass is 308 g/mol. The molecule has 1 aromatic heterocycles. The molecule has 1 rings (SSSR count). The minimum absolute atomic E-state index is 0.0250. The van der Waals surface area contributed by atoms with Gasteiger partial charge in [0.05, 0.1) is 11.6 Å². The minimum atomic E-state index is -0.832. The van der Waals surface area contributed by atoms with Crippen molar-refractivity contribution in [2.75, 3.05) is 6.26 Å². The van der Waals surface area contributed by atoms with Gasteiger partial charge in [-0.15, -0.1) is 11.3 Å². The van der Waals surface area contributed by atoms with Crippen LogP contribution < -0.4 is 0 Å². The Labute approximate surface area is 116 Å². The maximum Gasteiger partial charge on any atom is 0.244 e. The average molecular weight is 309 g/mol. The quantitative estimate of drug-likeness (QED) is 0.369. The Hall–Kier alpha value is -1.19. The van der Waals surface area contributed by atoms with Crippen molar-refractivity contribution >= 4 is 45.8 Å². The maximum absolute atomic E-state index is 11.5. The maximum atomic E-state index is 11.5. The fraction of sp³-hybridized carbons (Fsp3) is 0.375. The number of amides is 1. The molecule has 0 aliphatic carbocycles. The van der Waals surface area contributed by atoms with E-state index < -0.39 is 5.03 Å². The first-order valence-corrected chi connectivity index (χ1v) is 7.01. The van der Waals surface area contributed by atoms with Crippen molar-refractivity contribution < 1.29 is 9.83 Å². The van der Waals surface area contributed by atoms with Crippen molar-refractivity contribution in [3.05, 3.63) is 25.7 Å². The van der Waals surface area contributed by atoms with Crippen LogP contribution in [0.15, 0.2) is 11.3 Å². The third-order valence-electron chi connectivity index (χ3n) is 1.80. The normalized spacial score (nSPS) is 11.4. The summed E-state index contributed by atoms with van der Waals surface area (Å²) in [6, 6.07) is 0. The molecule has 0 saturated carbocycles. The van der Waals surface area contributed by atoms with Gasteiger partial charge in [-0.2, -0.15) is 0 Å². The second-order valence-corrected chi connectivity index (χ2v) is 5.48. The lowest BCUT2D eigenvalue weighted by atomic mass is 10.4. The van der Waals surface area contributed by atoms with Gasteiger partial charge in [0.1, 0.15) is 0 Å². The number of rotatable bonds is 3. The zero-order chi connectivity index (χ0) is 13.7. The van der Waals surface area contributed by atoms with Gasteiger partial charge in [-0.3, -0.25) is 9.69 Å². The standard InChI is InChI=1S/C8H9ClN4O3S2/c1-5(14)12(8(17-2)11-13(15)16)4-6-3-10-7(9)18-6/h3H,4H2,1-2H3/b11-8+. The second kappa shape index (κ2) is 6.66. The molecule has 10 heteroatoms. The predicted octanol–water partition coefficient (Wildman–Crippen LogP) is 2.06. The van der Waals surface area contributed by atoms with E-state index >= 15 is 0 Å². The van der Waals surface area contributed by atoms with Gasteiger partial charge >= 0.3 is 0 Å². The number of carbonyl (C=O) groups excluding carboxylic acids is 1. The molecule has 1 amide bonds. The van der Waals surface area contributed by atoms with Gasteiger partial charge in [0.2, 0.25) is 11.1 Å². The van der Waals surface area contributed by atoms with E-state index in [1.54, 1.807) is 6.26 Å². The van der Waals surface area contributed by atoms with Crippen LogP contribution in [-0.2, 0) is 11.3 Å². The number of nitro groups is 1. The van der Waals surface area contributed by atoms with E-state index in [1.165, 1.54) is 29.4 Å². The lowest BCUT2D eigenvalue weighted by molar-refractivity contribution is -0.485. The summed E-state index contributed by atoms with van der Waals surface area (Å²) in [6.07, 6.45) is 3.13. The van der Waals surface area contributed by atoms with Gasteiger partial charge in [0.25, 0.3) is 0 Å². The number of hydrogen-bond donors (Lipinski definition) is 0. The highest BCUT2D eigenvalue weighted by atomic mass is 35.5. The highest BCUT2D eigenvalue weighted by Gasteiger charge is 2.20. The molecule has 1 heterocycles. The van der Waals surface area contributed by atoms with Crippen molar-refractivity contribution in [1.82, 2.24) is 9.88 Å². The van der Waals surface area contributed by atoms with Crippen molar-refractivity contribution in [1.29, 1.82) is 0 Å². The lowest BCUT2D eigenvalue weighted by Crippen LogP contribution is -2.33. The molecule has 0 bridgehead atoms. The van der Waals surface area contributed by atoms with Gasteiger partial charge in [0, 0.05) is 18.0 Å². The van der Waals surface area contributed by atoms with Gasteiger partial charge in [-0.1, -0.05) is 23.4 Å². The molecule has 0 radical (unpaired) electrons. The smallest absolute Gasteiger partial charge is 0.244 e. The first-order valence-electron chi connectivity index (χ1n) is 4.59. The number of amidine groups is 1. The first kappa shape index (κ1) is 14.9. The van der Waals surface area contributed by atoms with Gasteiger partial charge < -0.3 is 0 Å². The molecule has 0 unspecified atom stereocenters. The molecule has 0 atom stereocenters. The third-order valence-corrected chi connectivity index (χ3v) is 3.57. The Morgan fingerprint density at radius 2 is 2.44 bits per heavy atom. The molecule has 0 saturated heterocycles. The van der Waals surface area contributed by atoms with E-state index in [0.717, 1.165) is 16.6 Å². The highest BCUT2D eigenvalue weighted by molar-refractivity contribution is 8.13. The molecule has 0 spiro atoms. The van der Waals surface area contributed by atoms with E-state index in [-0.39, 0.29) is 17.6 Å². The summed E-state index contributed by atoms with van der Waals surface area (Å²) in [5.74, 6) is -0.338. The molecule has 18 heavy (non-hydrogen) atoms. The largest absolute Gasteiger partial charge is 0.281 e. The van der Waals surface area contributed by atoms with E-state index in [4.69, 9.17) is 11.6 Å². The number of aromatic nitrogens is 1. The number of thiazole rings is 1. The molecule has 0 fully saturated rings. The number of thioether (sulfide) groups is 1. The minimum Gasteiger partial charge on any atom is -0.281 e. The van der Waals surface area contributed by atoms with Crippen LogP contribution in [-0.4, -0.2) is 32.2 Å². The van der Waals surface area contributed by atoms with Gasteiger partial charge in [-0.25, -0.2) is 15.1 Å². The van der Waals surface area contributed by atoms with Crippen molar-refractivity contribution in [3.63, 3.8) is 0 Å². The summed E-state index contributed by atoms with van der Waals surface area (Å²) in [4.78, 5) is 27.7. The summed E-state index contributed by atoms with van der Waals surface area (Å²) in [5, 5.41) is 12.8. The molecule has 98 valence electrons. The fourth-order valence-electron chi connectivity index (χ4n) is 1.10. The van der Waals surface area contributed by atoms with Crippen molar-refractivity contribution in [2.45, 2.75) is 13.5 Å². The Morgan fingerprint density at radius 3 is 2.83 bits per heavy atom. The SMILES string of the molecule is CS/C(=N/[N+](=O)[O-])N(Cc1cnc(Cl)s1)C(C)=O. The number of carbonyl (C=O) groups is 1. The zero-order valence-corrected chi connectivity index (χ0v) is 11.9. The van der Waals surface area contributed by atoms with Crippen LogP contribution in [0.25, 0.3) is 0 Å². The van der Waals surface area contributed by atoms with Crippen LogP contribution in [0.1, 0.15) is 11.8 Å². The Balaban J connectivity index is 2.95. The summed E-state index contributed by atoms with van der Waals surface area (Å²) in [6.45, 7) is 1.47. The number of hydrazone groups is 1. The van der Waals surface area contributed by atoms with Gasteiger partial charge in [0.15, 0.2) is 9.50 Å². The van der Waals surface area contributed by atoms with Crippen LogP contribution in [0.4, 0.5) is 0 Å². The number of nitrogens with zero attached hydrogens (tertiary/aromatic N) is 4. The van der Waals surface area contributed by atoms with Gasteiger partial charge in [-0.05, 0) is 6.26 Å². The van der Waals surface area contributed by atoms with Crippen LogP contribution in [0.5, 0.6) is 0 Å². The number of hydrogen-bond acceptors (Lipinski definition) is 6. The fourth-order valence-corrected chi connectivity index (χ4v) is 2.63. The Morgan fingerprint density at radius 1 is 1.78 bits per heavy atom. The number of halogens is 1. The van der Waals surface area contributed by atoms with E-state index in [1.807, 2.05) is 0 Å². The molecule has 0 aliphatic heterocycles. The van der Waals surface area contributed by atoms with Crippen LogP contribution in [0.2, 0.25) is 4.47 Å². The summed E-state index contributed by atoms with van der Waals surface area (Å²) >= 11 is 7.91. The zero-order valence-electron chi connectivity index (χ0n) is 9.49. The van der Waals surface area contributed by atoms with Crippen LogP contribution in [0.3, 0.4) is 0 Å². The molecule has 1 aromatic rings. The van der Waals surface area contributed by atoms with Crippen molar-refractivity contribution in [3.8, 4) is 0 Å². The van der Waals surface area contributed by atoms with Crippen LogP contribution >= 0.6 is 34.7 Å². The van der Waals surface area contributed by atoms with Crippen LogP contribution in [0, 0.1) is 10.1 Å². The lowest BCUT2D eigenvalue weighted by Gasteiger charge is -2.17. The molecular weight excluding hydrogens is 300 g/mol. The second-order valence-electron chi connectivity index (χ2n) is 3.01. The Kier molecular flexibility index (Phi) is 5.51. The topological polar surface area (TPSA) is 88.7 Å². The van der Waals surface area contributed by atoms with E-state index in [0.29, 0.717) is 4.47 Å².